The lowest BCUT2D eigenvalue weighted by molar-refractivity contribution is 0.599. The molecule has 0 bridgehead atoms. The van der Waals surface area contributed by atoms with Crippen molar-refractivity contribution in [3.05, 3.63) is 34.4 Å². The maximum Gasteiger partial charge on any atom is 0.0468 e. The monoisotopic (exact) mass is 279 g/mol. The molecule has 1 nitrogen and oxygen atoms in total. The number of fused-ring (bicyclic) bond motifs is 1. The third-order valence-corrected chi connectivity index (χ3v) is 3.74. The molecular formula is C14H18BrN. The van der Waals surface area contributed by atoms with Crippen LogP contribution < -0.4 is 0 Å². The van der Waals surface area contributed by atoms with Crippen LogP contribution in [0.5, 0.6) is 0 Å². The Bertz CT molecular complexity index is 473. The van der Waals surface area contributed by atoms with Gasteiger partial charge in [0.2, 0.25) is 0 Å². The van der Waals surface area contributed by atoms with Crippen molar-refractivity contribution in [2.75, 3.05) is 0 Å². The standard InChI is InChI=1S/C14H18BrN/c1-3-5-10(4-2)13-9-16-14-8-11(15)6-7-12(13)14/h6-10,16H,3-5H2,1-2H3. The fourth-order valence-electron chi connectivity index (χ4n) is 2.39. The number of rotatable bonds is 4. The summed E-state index contributed by atoms with van der Waals surface area (Å²) in [6, 6.07) is 6.49. The molecule has 0 fully saturated rings. The van der Waals surface area contributed by atoms with Gasteiger partial charge in [-0.3, -0.25) is 0 Å². The summed E-state index contributed by atoms with van der Waals surface area (Å²) in [5.41, 5.74) is 2.71. The van der Waals surface area contributed by atoms with Gasteiger partial charge in [0.15, 0.2) is 0 Å². The van der Waals surface area contributed by atoms with Crippen LogP contribution in [-0.4, -0.2) is 4.98 Å². The molecule has 0 aliphatic rings. The molecule has 1 unspecified atom stereocenters. The highest BCUT2D eigenvalue weighted by molar-refractivity contribution is 9.10. The second kappa shape index (κ2) is 5.05. The molecule has 0 radical (unpaired) electrons. The number of halogens is 1. The Balaban J connectivity index is 2.44. The average Bonchev–Trinajstić information content (AvgIpc) is 2.68. The van der Waals surface area contributed by atoms with Gasteiger partial charge in [0.1, 0.15) is 0 Å². The summed E-state index contributed by atoms with van der Waals surface area (Å²) in [7, 11) is 0. The number of nitrogens with one attached hydrogen (secondary N) is 1. The minimum absolute atomic E-state index is 0.694. The van der Waals surface area contributed by atoms with Gasteiger partial charge in [0.25, 0.3) is 0 Å². The van der Waals surface area contributed by atoms with E-state index in [-0.39, 0.29) is 0 Å². The van der Waals surface area contributed by atoms with E-state index in [0.717, 1.165) is 4.47 Å². The predicted molar refractivity (Wildman–Crippen MR) is 73.9 cm³/mol. The Morgan fingerprint density at radius 1 is 1.31 bits per heavy atom. The minimum Gasteiger partial charge on any atom is -0.361 e. The molecule has 0 saturated carbocycles. The Labute approximate surface area is 105 Å². The van der Waals surface area contributed by atoms with Crippen LogP contribution in [0.1, 0.15) is 44.6 Å². The fraction of sp³-hybridized carbons (Fsp3) is 0.429. The number of H-pyrrole nitrogens is 1. The molecule has 2 rings (SSSR count). The largest absolute Gasteiger partial charge is 0.361 e. The summed E-state index contributed by atoms with van der Waals surface area (Å²) in [5.74, 6) is 0.694. The summed E-state index contributed by atoms with van der Waals surface area (Å²) in [4.78, 5) is 3.37. The molecule has 0 aliphatic heterocycles. The Morgan fingerprint density at radius 2 is 2.12 bits per heavy atom. The van der Waals surface area contributed by atoms with Gasteiger partial charge < -0.3 is 4.98 Å². The van der Waals surface area contributed by atoms with Crippen molar-refractivity contribution in [3.63, 3.8) is 0 Å². The molecule has 1 atom stereocenters. The van der Waals surface area contributed by atoms with Gasteiger partial charge in [-0.15, -0.1) is 0 Å². The van der Waals surface area contributed by atoms with E-state index in [1.807, 2.05) is 0 Å². The molecule has 0 amide bonds. The number of aromatic amines is 1. The van der Waals surface area contributed by atoms with E-state index >= 15 is 0 Å². The number of aromatic nitrogens is 1. The van der Waals surface area contributed by atoms with Gasteiger partial charge in [0, 0.05) is 21.6 Å². The molecule has 1 N–H and O–H groups in total. The van der Waals surface area contributed by atoms with Crippen molar-refractivity contribution in [3.8, 4) is 0 Å². The lowest BCUT2D eigenvalue weighted by Gasteiger charge is -2.12. The molecule has 2 aromatic rings. The minimum atomic E-state index is 0.694. The molecule has 1 aromatic heterocycles. The van der Waals surface area contributed by atoms with Crippen LogP contribution in [-0.2, 0) is 0 Å². The second-order valence-corrected chi connectivity index (χ2v) is 5.24. The first-order valence-electron chi connectivity index (χ1n) is 6.02. The first-order chi connectivity index (χ1) is 7.76. The Kier molecular flexibility index (Phi) is 3.70. The number of benzene rings is 1. The zero-order chi connectivity index (χ0) is 11.5. The lowest BCUT2D eigenvalue weighted by Crippen LogP contribution is -1.95. The molecule has 2 heteroatoms. The van der Waals surface area contributed by atoms with Crippen LogP contribution in [0.3, 0.4) is 0 Å². The predicted octanol–water partition coefficient (Wildman–Crippen LogP) is 5.22. The van der Waals surface area contributed by atoms with Gasteiger partial charge in [0.05, 0.1) is 0 Å². The quantitative estimate of drug-likeness (QED) is 0.789. The molecular weight excluding hydrogens is 262 g/mol. The smallest absolute Gasteiger partial charge is 0.0468 e. The van der Waals surface area contributed by atoms with Gasteiger partial charge in [-0.2, -0.15) is 0 Å². The fourth-order valence-corrected chi connectivity index (χ4v) is 2.75. The third-order valence-electron chi connectivity index (χ3n) is 3.25. The van der Waals surface area contributed by atoms with E-state index in [2.05, 4.69) is 59.2 Å². The van der Waals surface area contributed by atoms with Crippen molar-refractivity contribution in [2.24, 2.45) is 0 Å². The van der Waals surface area contributed by atoms with Crippen molar-refractivity contribution in [1.82, 2.24) is 4.98 Å². The van der Waals surface area contributed by atoms with E-state index < -0.39 is 0 Å². The van der Waals surface area contributed by atoms with E-state index in [1.165, 1.54) is 35.7 Å². The highest BCUT2D eigenvalue weighted by Crippen LogP contribution is 2.32. The lowest BCUT2D eigenvalue weighted by atomic mass is 9.92. The summed E-state index contributed by atoms with van der Waals surface area (Å²) in [6.45, 7) is 4.53. The molecule has 0 saturated heterocycles. The van der Waals surface area contributed by atoms with Gasteiger partial charge >= 0.3 is 0 Å². The van der Waals surface area contributed by atoms with E-state index in [1.54, 1.807) is 0 Å². The van der Waals surface area contributed by atoms with Crippen LogP contribution >= 0.6 is 15.9 Å². The zero-order valence-corrected chi connectivity index (χ0v) is 11.5. The van der Waals surface area contributed by atoms with Crippen LogP contribution in [0.4, 0.5) is 0 Å². The van der Waals surface area contributed by atoms with Crippen molar-refractivity contribution in [2.45, 2.75) is 39.0 Å². The third kappa shape index (κ3) is 2.17. The molecule has 0 aliphatic carbocycles. The number of hydrogen-bond donors (Lipinski definition) is 1. The highest BCUT2D eigenvalue weighted by atomic mass is 79.9. The maximum atomic E-state index is 3.51. The Hall–Kier alpha value is -0.760. The first-order valence-corrected chi connectivity index (χ1v) is 6.82. The summed E-state index contributed by atoms with van der Waals surface area (Å²) in [6.07, 6.45) is 5.93. The zero-order valence-electron chi connectivity index (χ0n) is 9.89. The van der Waals surface area contributed by atoms with Crippen LogP contribution in [0.25, 0.3) is 10.9 Å². The van der Waals surface area contributed by atoms with Crippen molar-refractivity contribution in [1.29, 1.82) is 0 Å². The van der Waals surface area contributed by atoms with Gasteiger partial charge in [-0.25, -0.2) is 0 Å². The molecule has 1 heterocycles. The SMILES string of the molecule is CCCC(CC)c1c[nH]c2cc(Br)ccc12. The number of hydrogen-bond acceptors (Lipinski definition) is 0. The summed E-state index contributed by atoms with van der Waals surface area (Å²) >= 11 is 3.51. The van der Waals surface area contributed by atoms with Crippen molar-refractivity contribution >= 4 is 26.8 Å². The molecule has 1 aromatic carbocycles. The van der Waals surface area contributed by atoms with Crippen LogP contribution in [0, 0.1) is 0 Å². The topological polar surface area (TPSA) is 15.8 Å². The highest BCUT2D eigenvalue weighted by Gasteiger charge is 2.13. The van der Waals surface area contributed by atoms with Gasteiger partial charge in [-0.05, 0) is 36.5 Å². The molecule has 86 valence electrons. The van der Waals surface area contributed by atoms with Crippen LogP contribution in [0.2, 0.25) is 0 Å². The normalized spacial score (nSPS) is 13.2. The van der Waals surface area contributed by atoms with E-state index in [0.29, 0.717) is 5.92 Å². The summed E-state index contributed by atoms with van der Waals surface area (Å²) < 4.78 is 1.14. The molecule has 0 spiro atoms. The summed E-state index contributed by atoms with van der Waals surface area (Å²) in [5, 5.41) is 1.38. The van der Waals surface area contributed by atoms with Crippen LogP contribution in [0.15, 0.2) is 28.9 Å². The first kappa shape index (κ1) is 11.7. The van der Waals surface area contributed by atoms with E-state index in [9.17, 15) is 0 Å². The molecule has 16 heavy (non-hydrogen) atoms. The maximum absolute atomic E-state index is 3.51. The Morgan fingerprint density at radius 3 is 2.81 bits per heavy atom. The van der Waals surface area contributed by atoms with Gasteiger partial charge in [-0.1, -0.05) is 42.3 Å². The average molecular weight is 280 g/mol. The van der Waals surface area contributed by atoms with E-state index in [4.69, 9.17) is 0 Å². The second-order valence-electron chi connectivity index (χ2n) is 4.33. The van der Waals surface area contributed by atoms with Crippen molar-refractivity contribution < 1.29 is 0 Å².